The largest absolute Gasteiger partial charge is 0.383 e. The number of nitrogens with one attached hydrogen (secondary N) is 2. The second-order valence-corrected chi connectivity index (χ2v) is 4.66. The molecule has 1 aromatic carbocycles. The highest BCUT2D eigenvalue weighted by Crippen LogP contribution is 2.12. The van der Waals surface area contributed by atoms with Gasteiger partial charge in [0.2, 0.25) is 0 Å². The van der Waals surface area contributed by atoms with E-state index in [1.54, 1.807) is 7.11 Å². The minimum absolute atomic E-state index is 0. The molecule has 0 unspecified atom stereocenters. The van der Waals surface area contributed by atoms with E-state index in [2.05, 4.69) is 43.7 Å². The molecule has 0 aliphatic heterocycles. The van der Waals surface area contributed by atoms with Gasteiger partial charge in [0.15, 0.2) is 5.96 Å². The van der Waals surface area contributed by atoms with Gasteiger partial charge >= 0.3 is 0 Å². The van der Waals surface area contributed by atoms with Crippen LogP contribution in [0, 0.1) is 0 Å². The zero-order valence-electron chi connectivity index (χ0n) is 11.3. The summed E-state index contributed by atoms with van der Waals surface area (Å²) in [6, 6.07) is 8.16. The third-order valence-electron chi connectivity index (χ3n) is 2.25. The molecule has 0 saturated carbocycles. The Kier molecular flexibility index (Phi) is 11.3. The van der Waals surface area contributed by atoms with Crippen molar-refractivity contribution >= 4 is 45.9 Å². The number of aliphatic imine (C=N–C) groups is 1. The molecule has 1 aromatic rings. The van der Waals surface area contributed by atoms with Crippen LogP contribution in [0.4, 0.5) is 0 Å². The molecule has 108 valence electrons. The summed E-state index contributed by atoms with van der Waals surface area (Å²) in [7, 11) is 1.69. The summed E-state index contributed by atoms with van der Waals surface area (Å²) in [5, 5.41) is 6.41. The quantitative estimate of drug-likeness (QED) is 0.309. The molecule has 0 atom stereocenters. The molecule has 2 N–H and O–H groups in total. The Balaban J connectivity index is 0.00000324. The first kappa shape index (κ1) is 18.7. The standard InChI is InChI=1S/C13H20BrN3O.HI/c1-3-15-13(16-7-8-18-2)17-10-11-5-4-6-12(14)9-11;/h4-6,9H,3,7-8,10H2,1-2H3,(H2,15,16,17);1H. The van der Waals surface area contributed by atoms with Crippen LogP contribution in [0.1, 0.15) is 12.5 Å². The highest BCUT2D eigenvalue weighted by molar-refractivity contribution is 14.0. The maximum Gasteiger partial charge on any atom is 0.191 e. The van der Waals surface area contributed by atoms with E-state index in [0.717, 1.165) is 23.5 Å². The number of ether oxygens (including phenoxy) is 1. The highest BCUT2D eigenvalue weighted by Gasteiger charge is 1.97. The predicted octanol–water partition coefficient (Wildman–Crippen LogP) is 2.77. The van der Waals surface area contributed by atoms with Gasteiger partial charge in [0, 0.05) is 24.7 Å². The molecule has 1 rings (SSSR count). The Morgan fingerprint density at radius 1 is 1.37 bits per heavy atom. The third-order valence-corrected chi connectivity index (χ3v) is 2.74. The van der Waals surface area contributed by atoms with Crippen LogP contribution in [0.2, 0.25) is 0 Å². The Morgan fingerprint density at radius 3 is 2.79 bits per heavy atom. The molecule has 0 heterocycles. The smallest absolute Gasteiger partial charge is 0.191 e. The van der Waals surface area contributed by atoms with Gasteiger partial charge in [-0.2, -0.15) is 0 Å². The molecule has 6 heteroatoms. The van der Waals surface area contributed by atoms with Gasteiger partial charge in [-0.25, -0.2) is 4.99 Å². The Hall–Kier alpha value is -0.340. The Bertz CT molecular complexity index is 388. The van der Waals surface area contributed by atoms with E-state index >= 15 is 0 Å². The van der Waals surface area contributed by atoms with Gasteiger partial charge in [-0.05, 0) is 24.6 Å². The molecule has 4 nitrogen and oxygen atoms in total. The van der Waals surface area contributed by atoms with E-state index < -0.39 is 0 Å². The van der Waals surface area contributed by atoms with Crippen LogP contribution in [-0.4, -0.2) is 32.8 Å². The summed E-state index contributed by atoms with van der Waals surface area (Å²) in [6.07, 6.45) is 0. The normalized spacial score (nSPS) is 10.8. The van der Waals surface area contributed by atoms with Crippen molar-refractivity contribution in [3.8, 4) is 0 Å². The monoisotopic (exact) mass is 441 g/mol. The summed E-state index contributed by atoms with van der Waals surface area (Å²) < 4.78 is 6.07. The fraction of sp³-hybridized carbons (Fsp3) is 0.462. The number of methoxy groups -OCH3 is 1. The second-order valence-electron chi connectivity index (χ2n) is 3.74. The first-order chi connectivity index (χ1) is 8.76. The van der Waals surface area contributed by atoms with Crippen molar-refractivity contribution < 1.29 is 4.74 Å². The maximum atomic E-state index is 5.00. The van der Waals surface area contributed by atoms with E-state index in [-0.39, 0.29) is 24.0 Å². The molecule has 0 aromatic heterocycles. The first-order valence-corrected chi connectivity index (χ1v) is 6.81. The molecule has 0 aliphatic rings. The zero-order chi connectivity index (χ0) is 13.2. The third kappa shape index (κ3) is 8.43. The van der Waals surface area contributed by atoms with Crippen LogP contribution in [0.5, 0.6) is 0 Å². The van der Waals surface area contributed by atoms with Crippen LogP contribution in [0.3, 0.4) is 0 Å². The van der Waals surface area contributed by atoms with E-state index in [1.165, 1.54) is 5.56 Å². The van der Waals surface area contributed by atoms with Crippen molar-refractivity contribution in [2.45, 2.75) is 13.5 Å². The van der Waals surface area contributed by atoms with Crippen LogP contribution >= 0.6 is 39.9 Å². The fourth-order valence-electron chi connectivity index (χ4n) is 1.42. The van der Waals surface area contributed by atoms with Crippen molar-refractivity contribution in [3.63, 3.8) is 0 Å². The zero-order valence-corrected chi connectivity index (χ0v) is 15.2. The van der Waals surface area contributed by atoms with Crippen molar-refractivity contribution in [2.24, 2.45) is 4.99 Å². The SMILES string of the molecule is CCNC(=NCc1cccc(Br)c1)NCCOC.I. The Morgan fingerprint density at radius 2 is 2.16 bits per heavy atom. The van der Waals surface area contributed by atoms with Gasteiger partial charge in [-0.1, -0.05) is 28.1 Å². The number of halogens is 2. The molecule has 0 amide bonds. The molecular formula is C13H21BrIN3O. The molecule has 0 aliphatic carbocycles. The molecule has 0 saturated heterocycles. The fourth-order valence-corrected chi connectivity index (χ4v) is 1.87. The van der Waals surface area contributed by atoms with E-state index in [4.69, 9.17) is 4.74 Å². The van der Waals surface area contributed by atoms with Crippen LogP contribution < -0.4 is 10.6 Å². The Labute approximate surface area is 140 Å². The van der Waals surface area contributed by atoms with Crippen molar-refractivity contribution in [1.82, 2.24) is 10.6 Å². The maximum absolute atomic E-state index is 5.00. The second kappa shape index (κ2) is 11.5. The van der Waals surface area contributed by atoms with Gasteiger partial charge in [-0.3, -0.25) is 0 Å². The molecular weight excluding hydrogens is 421 g/mol. The molecule has 0 radical (unpaired) electrons. The minimum atomic E-state index is 0. The van der Waals surface area contributed by atoms with E-state index in [1.807, 2.05) is 19.1 Å². The number of rotatable bonds is 6. The lowest BCUT2D eigenvalue weighted by Crippen LogP contribution is -2.38. The van der Waals surface area contributed by atoms with Crippen LogP contribution in [0.15, 0.2) is 33.7 Å². The summed E-state index contributed by atoms with van der Waals surface area (Å²) in [4.78, 5) is 4.51. The lowest BCUT2D eigenvalue weighted by molar-refractivity contribution is 0.203. The topological polar surface area (TPSA) is 45.7 Å². The van der Waals surface area contributed by atoms with Gasteiger partial charge in [-0.15, -0.1) is 24.0 Å². The summed E-state index contributed by atoms with van der Waals surface area (Å²) in [5.41, 5.74) is 1.17. The van der Waals surface area contributed by atoms with Gasteiger partial charge in [0.1, 0.15) is 0 Å². The van der Waals surface area contributed by atoms with Gasteiger partial charge < -0.3 is 15.4 Å². The number of guanidine groups is 1. The molecule has 0 bridgehead atoms. The van der Waals surface area contributed by atoms with Crippen LogP contribution in [-0.2, 0) is 11.3 Å². The molecule has 0 fully saturated rings. The lowest BCUT2D eigenvalue weighted by Gasteiger charge is -2.10. The van der Waals surface area contributed by atoms with E-state index in [0.29, 0.717) is 13.2 Å². The number of nitrogens with zero attached hydrogens (tertiary/aromatic N) is 1. The summed E-state index contributed by atoms with van der Waals surface area (Å²) in [6.45, 7) is 4.97. The van der Waals surface area contributed by atoms with E-state index in [9.17, 15) is 0 Å². The highest BCUT2D eigenvalue weighted by atomic mass is 127. The van der Waals surface area contributed by atoms with Gasteiger partial charge in [0.25, 0.3) is 0 Å². The summed E-state index contributed by atoms with van der Waals surface area (Å²) >= 11 is 3.45. The number of hydrogen-bond donors (Lipinski definition) is 2. The van der Waals surface area contributed by atoms with Crippen molar-refractivity contribution in [2.75, 3.05) is 26.8 Å². The van der Waals surface area contributed by atoms with Crippen LogP contribution in [0.25, 0.3) is 0 Å². The van der Waals surface area contributed by atoms with Crippen molar-refractivity contribution in [3.05, 3.63) is 34.3 Å². The first-order valence-electron chi connectivity index (χ1n) is 6.01. The van der Waals surface area contributed by atoms with Crippen molar-refractivity contribution in [1.29, 1.82) is 0 Å². The average Bonchev–Trinajstić information content (AvgIpc) is 2.36. The number of benzene rings is 1. The van der Waals surface area contributed by atoms with Gasteiger partial charge in [0.05, 0.1) is 13.2 Å². The predicted molar refractivity (Wildman–Crippen MR) is 94.3 cm³/mol. The minimum Gasteiger partial charge on any atom is -0.383 e. The lowest BCUT2D eigenvalue weighted by atomic mass is 10.2. The number of hydrogen-bond acceptors (Lipinski definition) is 2. The molecule has 19 heavy (non-hydrogen) atoms. The average molecular weight is 442 g/mol. The summed E-state index contributed by atoms with van der Waals surface area (Å²) in [5.74, 6) is 0.814. The molecule has 0 spiro atoms.